The molecule has 0 saturated heterocycles. The van der Waals surface area contributed by atoms with Crippen molar-refractivity contribution in [3.63, 3.8) is 0 Å². The molecule has 1 aliphatic rings. The van der Waals surface area contributed by atoms with Crippen molar-refractivity contribution in [3.05, 3.63) is 12.2 Å². The van der Waals surface area contributed by atoms with Gasteiger partial charge < -0.3 is 5.11 Å². The second kappa shape index (κ2) is 2.39. The Kier molecular flexibility index (Phi) is 1.86. The Balaban J connectivity index is 2.53. The molecule has 1 N–H and O–H groups in total. The van der Waals surface area contributed by atoms with Gasteiger partial charge in [0, 0.05) is 6.61 Å². The molecule has 0 radical (unpaired) electrons. The minimum Gasteiger partial charge on any atom is -0.396 e. The van der Waals surface area contributed by atoms with E-state index in [0.717, 1.165) is 0 Å². The Morgan fingerprint density at radius 1 is 1.50 bits per heavy atom. The fourth-order valence-electron chi connectivity index (χ4n) is 1.72. The first-order valence-corrected chi connectivity index (χ1v) is 3.88. The molecular weight excluding hydrogens is 124 g/mol. The normalized spacial score (nSPS) is 36.8. The fourth-order valence-corrected chi connectivity index (χ4v) is 1.72. The lowest BCUT2D eigenvalue weighted by molar-refractivity contribution is 0.256. The third-order valence-corrected chi connectivity index (χ3v) is 2.74. The first kappa shape index (κ1) is 7.80. The Bertz CT molecular complexity index is 147. The standard InChI is InChI=1S/C9H16O/c1-4-5-7-8(6-10)9(7,2)3/h4-5,7-8,10H,6H2,1-3H3/b5-4-/t7-,8+/m0/s1. The summed E-state index contributed by atoms with van der Waals surface area (Å²) in [6.07, 6.45) is 4.27. The van der Waals surface area contributed by atoms with E-state index in [9.17, 15) is 0 Å². The summed E-state index contributed by atoms with van der Waals surface area (Å²) in [5.74, 6) is 1.12. The zero-order chi connectivity index (χ0) is 7.78. The maximum Gasteiger partial charge on any atom is 0.0470 e. The molecule has 10 heavy (non-hydrogen) atoms. The van der Waals surface area contributed by atoms with Crippen molar-refractivity contribution < 1.29 is 5.11 Å². The van der Waals surface area contributed by atoms with E-state index in [1.165, 1.54) is 0 Å². The molecule has 1 aliphatic carbocycles. The van der Waals surface area contributed by atoms with Crippen LogP contribution in [0, 0.1) is 17.3 Å². The molecule has 0 heterocycles. The lowest BCUT2D eigenvalue weighted by Crippen LogP contribution is -1.93. The lowest BCUT2D eigenvalue weighted by Gasteiger charge is -1.96. The molecule has 1 nitrogen and oxygen atoms in total. The minimum atomic E-state index is 0.335. The topological polar surface area (TPSA) is 20.2 Å². The summed E-state index contributed by atoms with van der Waals surface area (Å²) in [6.45, 7) is 6.78. The number of rotatable bonds is 2. The van der Waals surface area contributed by atoms with Crippen molar-refractivity contribution in [1.29, 1.82) is 0 Å². The Morgan fingerprint density at radius 3 is 2.40 bits per heavy atom. The van der Waals surface area contributed by atoms with Crippen LogP contribution in [0.1, 0.15) is 20.8 Å². The van der Waals surface area contributed by atoms with Crippen LogP contribution < -0.4 is 0 Å². The van der Waals surface area contributed by atoms with E-state index in [1.54, 1.807) is 0 Å². The van der Waals surface area contributed by atoms with Gasteiger partial charge in [0.25, 0.3) is 0 Å². The van der Waals surface area contributed by atoms with Gasteiger partial charge >= 0.3 is 0 Å². The van der Waals surface area contributed by atoms with Crippen LogP contribution in [0.25, 0.3) is 0 Å². The summed E-state index contributed by atoms with van der Waals surface area (Å²) in [4.78, 5) is 0. The van der Waals surface area contributed by atoms with Gasteiger partial charge in [-0.1, -0.05) is 26.0 Å². The maximum atomic E-state index is 8.90. The summed E-state index contributed by atoms with van der Waals surface area (Å²) >= 11 is 0. The van der Waals surface area contributed by atoms with Gasteiger partial charge in [-0.25, -0.2) is 0 Å². The quantitative estimate of drug-likeness (QED) is 0.580. The van der Waals surface area contributed by atoms with Gasteiger partial charge in [0.15, 0.2) is 0 Å². The van der Waals surface area contributed by atoms with E-state index in [2.05, 4.69) is 26.0 Å². The van der Waals surface area contributed by atoms with Crippen LogP contribution in [0.3, 0.4) is 0 Å². The van der Waals surface area contributed by atoms with Gasteiger partial charge in [-0.05, 0) is 24.2 Å². The molecular formula is C9H16O. The second-order valence-corrected chi connectivity index (χ2v) is 3.66. The monoisotopic (exact) mass is 140 g/mol. The van der Waals surface area contributed by atoms with Gasteiger partial charge in [-0.2, -0.15) is 0 Å². The summed E-state index contributed by atoms with van der Waals surface area (Å²) in [7, 11) is 0. The molecule has 0 aliphatic heterocycles. The average molecular weight is 140 g/mol. The molecule has 0 amide bonds. The van der Waals surface area contributed by atoms with Crippen LogP contribution in [0.5, 0.6) is 0 Å². The summed E-state index contributed by atoms with van der Waals surface area (Å²) in [5, 5.41) is 8.90. The molecule has 0 unspecified atom stereocenters. The highest BCUT2D eigenvalue weighted by Gasteiger charge is 2.55. The highest BCUT2D eigenvalue weighted by Crippen LogP contribution is 2.58. The fraction of sp³-hybridized carbons (Fsp3) is 0.778. The predicted molar refractivity (Wildman–Crippen MR) is 42.7 cm³/mol. The SMILES string of the molecule is C/C=C\[C@H]1[C@@H](CO)C1(C)C. The van der Waals surface area contributed by atoms with Crippen LogP contribution >= 0.6 is 0 Å². The minimum absolute atomic E-state index is 0.335. The van der Waals surface area contributed by atoms with Crippen LogP contribution in [-0.4, -0.2) is 11.7 Å². The predicted octanol–water partition coefficient (Wildman–Crippen LogP) is 1.83. The van der Waals surface area contributed by atoms with Gasteiger partial charge in [-0.3, -0.25) is 0 Å². The molecule has 1 saturated carbocycles. The van der Waals surface area contributed by atoms with Crippen molar-refractivity contribution >= 4 is 0 Å². The molecule has 58 valence electrons. The van der Waals surface area contributed by atoms with E-state index in [1.807, 2.05) is 6.92 Å². The number of allylic oxidation sites excluding steroid dienone is 2. The summed E-state index contributed by atoms with van der Waals surface area (Å²) in [5.41, 5.74) is 0.348. The van der Waals surface area contributed by atoms with E-state index in [4.69, 9.17) is 5.11 Å². The number of hydrogen-bond donors (Lipinski definition) is 1. The summed E-state index contributed by atoms with van der Waals surface area (Å²) < 4.78 is 0. The molecule has 0 aromatic carbocycles. The lowest BCUT2D eigenvalue weighted by atomic mass is 10.1. The molecule has 0 aromatic rings. The molecule has 0 aromatic heterocycles. The molecule has 1 rings (SSSR count). The molecule has 1 heteroatoms. The molecule has 0 bridgehead atoms. The van der Waals surface area contributed by atoms with Gasteiger partial charge in [0.2, 0.25) is 0 Å². The third-order valence-electron chi connectivity index (χ3n) is 2.74. The van der Waals surface area contributed by atoms with Crippen LogP contribution in [0.2, 0.25) is 0 Å². The van der Waals surface area contributed by atoms with E-state index in [0.29, 0.717) is 23.9 Å². The number of aliphatic hydroxyl groups excluding tert-OH is 1. The van der Waals surface area contributed by atoms with Crippen LogP contribution in [0.4, 0.5) is 0 Å². The first-order valence-electron chi connectivity index (χ1n) is 3.88. The first-order chi connectivity index (χ1) is 4.64. The molecule has 2 atom stereocenters. The van der Waals surface area contributed by atoms with Crippen molar-refractivity contribution in [1.82, 2.24) is 0 Å². The van der Waals surface area contributed by atoms with Crippen LogP contribution in [-0.2, 0) is 0 Å². The van der Waals surface area contributed by atoms with Gasteiger partial charge in [0.05, 0.1) is 0 Å². The van der Waals surface area contributed by atoms with Gasteiger partial charge in [-0.15, -0.1) is 0 Å². The van der Waals surface area contributed by atoms with E-state index < -0.39 is 0 Å². The van der Waals surface area contributed by atoms with Crippen molar-refractivity contribution in [3.8, 4) is 0 Å². The zero-order valence-corrected chi connectivity index (χ0v) is 6.96. The van der Waals surface area contributed by atoms with Crippen LogP contribution in [0.15, 0.2) is 12.2 Å². The highest BCUT2D eigenvalue weighted by molar-refractivity contribution is 5.13. The Hall–Kier alpha value is -0.300. The van der Waals surface area contributed by atoms with E-state index >= 15 is 0 Å². The molecule has 1 fully saturated rings. The number of hydrogen-bond acceptors (Lipinski definition) is 1. The Labute approximate surface area is 62.8 Å². The Morgan fingerprint density at radius 2 is 2.10 bits per heavy atom. The maximum absolute atomic E-state index is 8.90. The van der Waals surface area contributed by atoms with Crippen molar-refractivity contribution in [2.24, 2.45) is 17.3 Å². The average Bonchev–Trinajstić information content (AvgIpc) is 2.36. The second-order valence-electron chi connectivity index (χ2n) is 3.66. The summed E-state index contributed by atoms with van der Waals surface area (Å²) in [6, 6.07) is 0. The van der Waals surface area contributed by atoms with Crippen molar-refractivity contribution in [2.45, 2.75) is 20.8 Å². The van der Waals surface area contributed by atoms with E-state index in [-0.39, 0.29) is 0 Å². The number of aliphatic hydroxyl groups is 1. The highest BCUT2D eigenvalue weighted by atomic mass is 16.3. The molecule has 0 spiro atoms. The van der Waals surface area contributed by atoms with Crippen molar-refractivity contribution in [2.75, 3.05) is 6.61 Å². The van der Waals surface area contributed by atoms with Gasteiger partial charge in [0.1, 0.15) is 0 Å². The third kappa shape index (κ3) is 0.988. The largest absolute Gasteiger partial charge is 0.396 e. The smallest absolute Gasteiger partial charge is 0.0470 e. The zero-order valence-electron chi connectivity index (χ0n) is 6.96.